The monoisotopic (exact) mass is 228 g/mol. The topological polar surface area (TPSA) is 43.4 Å². The van der Waals surface area contributed by atoms with Gasteiger partial charge in [0.25, 0.3) is 0 Å². The zero-order chi connectivity index (χ0) is 12.3. The van der Waals surface area contributed by atoms with Crippen LogP contribution in [0.3, 0.4) is 0 Å². The molecule has 16 heavy (non-hydrogen) atoms. The molecule has 0 radical (unpaired) electrons. The van der Waals surface area contributed by atoms with E-state index in [4.69, 9.17) is 0 Å². The molecular weight excluding hydrogens is 218 g/mol. The number of hydrogen-bond donors (Lipinski definition) is 0. The number of benzene rings is 1. The van der Waals surface area contributed by atoms with E-state index in [1.165, 1.54) is 13.0 Å². The number of aryl methyl sites for hydroxylation is 1. The highest BCUT2D eigenvalue weighted by Crippen LogP contribution is 2.25. The summed E-state index contributed by atoms with van der Waals surface area (Å²) in [6.07, 6.45) is 0.525. The van der Waals surface area contributed by atoms with E-state index < -0.39 is 12.4 Å². The second-order valence-electron chi connectivity index (χ2n) is 3.26. The first-order valence-corrected chi connectivity index (χ1v) is 4.51. The molecule has 0 heterocycles. The first kappa shape index (κ1) is 12.3. The largest absolute Gasteiger partial charge is 0.434 e. The van der Waals surface area contributed by atoms with Gasteiger partial charge in [-0.3, -0.25) is 9.59 Å². The average molecular weight is 228 g/mol. The minimum Gasteiger partial charge on any atom is -0.434 e. The van der Waals surface area contributed by atoms with Gasteiger partial charge in [0.1, 0.15) is 12.0 Å². The van der Waals surface area contributed by atoms with Crippen LogP contribution in [0.4, 0.5) is 8.78 Å². The summed E-state index contributed by atoms with van der Waals surface area (Å²) >= 11 is 0. The number of carbonyl (C=O) groups excluding carboxylic acids is 2. The molecule has 0 aliphatic rings. The lowest BCUT2D eigenvalue weighted by molar-refractivity contribution is -0.0501. The number of ether oxygens (including phenoxy) is 1. The fraction of sp³-hybridized carbons (Fsp3) is 0.273. The van der Waals surface area contributed by atoms with Crippen molar-refractivity contribution in [2.75, 3.05) is 0 Å². The SMILES string of the molecule is CC(=O)c1cc(C)c(C=O)cc1OC(F)F. The summed E-state index contributed by atoms with van der Waals surface area (Å²) in [7, 11) is 0. The smallest absolute Gasteiger partial charge is 0.387 e. The lowest BCUT2D eigenvalue weighted by atomic mass is 10.0. The van der Waals surface area contributed by atoms with Gasteiger partial charge < -0.3 is 4.74 Å². The second kappa shape index (κ2) is 4.83. The fourth-order valence-electron chi connectivity index (χ4n) is 1.30. The van der Waals surface area contributed by atoms with Crippen LogP contribution < -0.4 is 4.74 Å². The van der Waals surface area contributed by atoms with Gasteiger partial charge in [-0.05, 0) is 31.5 Å². The average Bonchev–Trinajstić information content (AvgIpc) is 2.19. The standard InChI is InChI=1S/C11H10F2O3/c1-6-3-9(7(2)15)10(16-11(12)13)4-8(6)5-14/h3-5,11H,1-2H3. The Kier molecular flexibility index (Phi) is 3.71. The highest BCUT2D eigenvalue weighted by Gasteiger charge is 2.15. The second-order valence-corrected chi connectivity index (χ2v) is 3.26. The first-order valence-electron chi connectivity index (χ1n) is 4.51. The molecule has 1 aromatic rings. The number of alkyl halides is 2. The van der Waals surface area contributed by atoms with Gasteiger partial charge in [0.15, 0.2) is 5.78 Å². The van der Waals surface area contributed by atoms with E-state index in [9.17, 15) is 18.4 Å². The van der Waals surface area contributed by atoms with Gasteiger partial charge in [-0.2, -0.15) is 8.78 Å². The third-order valence-corrected chi connectivity index (χ3v) is 2.09. The summed E-state index contributed by atoms with van der Waals surface area (Å²) in [6.45, 7) is -0.170. The van der Waals surface area contributed by atoms with Crippen LogP contribution in [0, 0.1) is 6.92 Å². The van der Waals surface area contributed by atoms with Crippen LogP contribution in [0.1, 0.15) is 33.2 Å². The number of hydrogen-bond acceptors (Lipinski definition) is 3. The Bertz CT molecular complexity index is 427. The third-order valence-electron chi connectivity index (χ3n) is 2.09. The quantitative estimate of drug-likeness (QED) is 0.587. The molecule has 1 aromatic carbocycles. The van der Waals surface area contributed by atoms with Crippen LogP contribution in [-0.4, -0.2) is 18.7 Å². The molecule has 0 N–H and O–H groups in total. The molecule has 0 saturated heterocycles. The Labute approximate surface area is 91.0 Å². The number of carbonyl (C=O) groups is 2. The molecule has 0 amide bonds. The van der Waals surface area contributed by atoms with E-state index >= 15 is 0 Å². The number of aldehydes is 1. The molecule has 0 aliphatic carbocycles. The predicted molar refractivity (Wildman–Crippen MR) is 53.2 cm³/mol. The molecule has 0 saturated carbocycles. The Balaban J connectivity index is 3.30. The van der Waals surface area contributed by atoms with E-state index in [2.05, 4.69) is 4.74 Å². The van der Waals surface area contributed by atoms with Crippen molar-refractivity contribution in [2.45, 2.75) is 20.5 Å². The lowest BCUT2D eigenvalue weighted by Gasteiger charge is -2.10. The van der Waals surface area contributed by atoms with Crippen molar-refractivity contribution in [3.63, 3.8) is 0 Å². The van der Waals surface area contributed by atoms with Gasteiger partial charge in [0.05, 0.1) is 5.56 Å². The van der Waals surface area contributed by atoms with Gasteiger partial charge in [0.2, 0.25) is 0 Å². The minimum absolute atomic E-state index is 0.0448. The van der Waals surface area contributed by atoms with Crippen molar-refractivity contribution >= 4 is 12.1 Å². The van der Waals surface area contributed by atoms with Crippen molar-refractivity contribution in [3.8, 4) is 5.75 Å². The summed E-state index contributed by atoms with van der Waals surface area (Å²) in [4.78, 5) is 21.8. The Hall–Kier alpha value is -1.78. The molecule has 0 unspecified atom stereocenters. The van der Waals surface area contributed by atoms with Gasteiger partial charge in [-0.1, -0.05) is 0 Å². The van der Waals surface area contributed by atoms with Crippen molar-refractivity contribution in [1.82, 2.24) is 0 Å². The van der Waals surface area contributed by atoms with Crippen LogP contribution in [0.5, 0.6) is 5.75 Å². The van der Waals surface area contributed by atoms with E-state index in [0.717, 1.165) is 6.07 Å². The summed E-state index contributed by atoms with van der Waals surface area (Å²) in [5.41, 5.74) is 0.811. The third kappa shape index (κ3) is 2.62. The van der Waals surface area contributed by atoms with Gasteiger partial charge in [-0.15, -0.1) is 0 Å². The highest BCUT2D eigenvalue weighted by atomic mass is 19.3. The molecule has 0 bridgehead atoms. The summed E-state index contributed by atoms with van der Waals surface area (Å²) in [5.74, 6) is -0.661. The first-order chi connectivity index (χ1) is 7.45. The van der Waals surface area contributed by atoms with Crippen molar-refractivity contribution in [3.05, 3.63) is 28.8 Å². The van der Waals surface area contributed by atoms with Crippen LogP contribution in [0.25, 0.3) is 0 Å². The van der Waals surface area contributed by atoms with E-state index in [-0.39, 0.29) is 16.9 Å². The molecule has 5 heteroatoms. The molecule has 1 rings (SSSR count). The molecule has 0 aliphatic heterocycles. The summed E-state index contributed by atoms with van der Waals surface area (Å²) in [6, 6.07) is 2.51. The highest BCUT2D eigenvalue weighted by molar-refractivity contribution is 5.98. The molecule has 0 atom stereocenters. The summed E-state index contributed by atoms with van der Waals surface area (Å²) in [5, 5.41) is 0. The minimum atomic E-state index is -3.03. The Morgan fingerprint density at radius 2 is 2.06 bits per heavy atom. The summed E-state index contributed by atoms with van der Waals surface area (Å²) < 4.78 is 28.3. The van der Waals surface area contributed by atoms with Gasteiger partial charge in [0, 0.05) is 5.56 Å². The maximum absolute atomic E-state index is 12.1. The van der Waals surface area contributed by atoms with Crippen LogP contribution in [0.15, 0.2) is 12.1 Å². The van der Waals surface area contributed by atoms with E-state index in [1.54, 1.807) is 6.92 Å². The maximum Gasteiger partial charge on any atom is 0.387 e. The fourth-order valence-corrected chi connectivity index (χ4v) is 1.30. The molecule has 3 nitrogen and oxygen atoms in total. The van der Waals surface area contributed by atoms with Crippen LogP contribution in [0.2, 0.25) is 0 Å². The normalized spacial score (nSPS) is 10.3. The lowest BCUT2D eigenvalue weighted by Crippen LogP contribution is -2.08. The number of halogens is 2. The van der Waals surface area contributed by atoms with Crippen LogP contribution in [-0.2, 0) is 0 Å². The Morgan fingerprint density at radius 1 is 1.44 bits per heavy atom. The van der Waals surface area contributed by atoms with Gasteiger partial charge in [-0.25, -0.2) is 0 Å². The predicted octanol–water partition coefficient (Wildman–Crippen LogP) is 2.61. The number of ketones is 1. The van der Waals surface area contributed by atoms with Crippen molar-refractivity contribution in [1.29, 1.82) is 0 Å². The molecule has 0 spiro atoms. The molecular formula is C11H10F2O3. The zero-order valence-electron chi connectivity index (χ0n) is 8.79. The van der Waals surface area contributed by atoms with Crippen LogP contribution >= 0.6 is 0 Å². The Morgan fingerprint density at radius 3 is 2.50 bits per heavy atom. The number of rotatable bonds is 4. The molecule has 0 fully saturated rings. The van der Waals surface area contributed by atoms with Crippen molar-refractivity contribution < 1.29 is 23.1 Å². The molecule has 0 aromatic heterocycles. The number of Topliss-reactive ketones (excluding diaryl/α,β-unsaturated/α-hetero) is 1. The van der Waals surface area contributed by atoms with Crippen molar-refractivity contribution in [2.24, 2.45) is 0 Å². The zero-order valence-corrected chi connectivity index (χ0v) is 8.79. The maximum atomic E-state index is 12.1. The van der Waals surface area contributed by atoms with E-state index in [0.29, 0.717) is 11.8 Å². The molecule has 86 valence electrons. The van der Waals surface area contributed by atoms with Gasteiger partial charge >= 0.3 is 6.61 Å². The van der Waals surface area contributed by atoms with E-state index in [1.807, 2.05) is 0 Å².